The molecule has 0 bridgehead atoms. The predicted octanol–water partition coefficient (Wildman–Crippen LogP) is 2.46. The normalized spacial score (nSPS) is 19.8. The van der Waals surface area contributed by atoms with Crippen molar-refractivity contribution in [3.8, 4) is 0 Å². The van der Waals surface area contributed by atoms with Gasteiger partial charge in [0.15, 0.2) is 0 Å². The standard InChI is InChI=1S/C13H14FN3O/c1-9-15-16-13(18-9)8-17-7-6-12(17)10-2-4-11(14)5-3-10/h2-5,12H,6-8H2,1H3/t12-/m0/s1. The lowest BCUT2D eigenvalue weighted by Gasteiger charge is -2.40. The second-order valence-electron chi connectivity index (χ2n) is 4.54. The van der Waals surface area contributed by atoms with Gasteiger partial charge in [0.25, 0.3) is 0 Å². The van der Waals surface area contributed by atoms with Gasteiger partial charge in [-0.15, -0.1) is 10.2 Å². The highest BCUT2D eigenvalue weighted by Gasteiger charge is 2.30. The average molecular weight is 247 g/mol. The summed E-state index contributed by atoms with van der Waals surface area (Å²) in [4.78, 5) is 2.25. The maximum Gasteiger partial charge on any atom is 0.230 e. The first-order valence-corrected chi connectivity index (χ1v) is 6.01. The van der Waals surface area contributed by atoms with Crippen molar-refractivity contribution in [2.24, 2.45) is 0 Å². The molecule has 0 unspecified atom stereocenters. The van der Waals surface area contributed by atoms with E-state index < -0.39 is 0 Å². The molecule has 0 saturated carbocycles. The van der Waals surface area contributed by atoms with E-state index in [4.69, 9.17) is 4.42 Å². The molecule has 5 heteroatoms. The SMILES string of the molecule is Cc1nnc(CN2CC[C@H]2c2ccc(F)cc2)o1. The van der Waals surface area contributed by atoms with Crippen molar-refractivity contribution in [1.29, 1.82) is 0 Å². The number of aromatic nitrogens is 2. The summed E-state index contributed by atoms with van der Waals surface area (Å²) < 4.78 is 18.2. The Bertz CT molecular complexity index is 537. The molecule has 1 aromatic heterocycles. The van der Waals surface area contributed by atoms with Crippen LogP contribution in [0.3, 0.4) is 0 Å². The molecule has 1 aliphatic rings. The van der Waals surface area contributed by atoms with Gasteiger partial charge in [-0.3, -0.25) is 4.90 Å². The minimum absolute atomic E-state index is 0.197. The number of benzene rings is 1. The van der Waals surface area contributed by atoms with Crippen LogP contribution in [0.4, 0.5) is 4.39 Å². The highest BCUT2D eigenvalue weighted by molar-refractivity contribution is 5.22. The zero-order valence-electron chi connectivity index (χ0n) is 10.1. The highest BCUT2D eigenvalue weighted by atomic mass is 19.1. The van der Waals surface area contributed by atoms with Gasteiger partial charge >= 0.3 is 0 Å². The van der Waals surface area contributed by atoms with Crippen LogP contribution in [0.15, 0.2) is 28.7 Å². The van der Waals surface area contributed by atoms with Gasteiger partial charge in [0.1, 0.15) is 5.82 Å². The second kappa shape index (κ2) is 4.49. The van der Waals surface area contributed by atoms with Crippen LogP contribution >= 0.6 is 0 Å². The van der Waals surface area contributed by atoms with Gasteiger partial charge in [0.05, 0.1) is 6.54 Å². The van der Waals surface area contributed by atoms with E-state index in [1.54, 1.807) is 6.92 Å². The van der Waals surface area contributed by atoms with Crippen LogP contribution in [0.1, 0.15) is 29.8 Å². The number of hydrogen-bond donors (Lipinski definition) is 0. The van der Waals surface area contributed by atoms with Crippen LogP contribution < -0.4 is 0 Å². The third-order valence-electron chi connectivity index (χ3n) is 3.29. The Labute approximate surface area is 104 Å². The second-order valence-corrected chi connectivity index (χ2v) is 4.54. The van der Waals surface area contributed by atoms with Gasteiger partial charge in [-0.1, -0.05) is 12.1 Å². The largest absolute Gasteiger partial charge is 0.424 e. The summed E-state index contributed by atoms with van der Waals surface area (Å²) in [6, 6.07) is 7.01. The highest BCUT2D eigenvalue weighted by Crippen LogP contribution is 2.34. The summed E-state index contributed by atoms with van der Waals surface area (Å²) in [5, 5.41) is 7.81. The van der Waals surface area contributed by atoms with E-state index in [-0.39, 0.29) is 5.82 Å². The lowest BCUT2D eigenvalue weighted by atomic mass is 9.95. The molecule has 0 radical (unpaired) electrons. The Morgan fingerprint density at radius 1 is 1.33 bits per heavy atom. The minimum Gasteiger partial charge on any atom is -0.424 e. The van der Waals surface area contributed by atoms with Gasteiger partial charge in [-0.25, -0.2) is 4.39 Å². The first-order valence-electron chi connectivity index (χ1n) is 6.01. The van der Waals surface area contributed by atoms with Crippen molar-refractivity contribution < 1.29 is 8.81 Å². The number of likely N-dealkylation sites (tertiary alicyclic amines) is 1. The minimum atomic E-state index is -0.197. The molecule has 18 heavy (non-hydrogen) atoms. The fourth-order valence-electron chi connectivity index (χ4n) is 2.27. The summed E-state index contributed by atoms with van der Waals surface area (Å²) in [5.41, 5.74) is 1.14. The average Bonchev–Trinajstić information content (AvgIpc) is 2.74. The molecule has 1 saturated heterocycles. The summed E-state index contributed by atoms with van der Waals surface area (Å²) in [7, 11) is 0. The Balaban J connectivity index is 1.70. The first-order chi connectivity index (χ1) is 8.72. The lowest BCUT2D eigenvalue weighted by Crippen LogP contribution is -2.40. The van der Waals surface area contributed by atoms with Crippen molar-refractivity contribution in [2.75, 3.05) is 6.54 Å². The molecule has 3 rings (SSSR count). The zero-order chi connectivity index (χ0) is 12.5. The van der Waals surface area contributed by atoms with Gasteiger partial charge in [0.2, 0.25) is 11.8 Å². The smallest absolute Gasteiger partial charge is 0.230 e. The Hall–Kier alpha value is -1.75. The van der Waals surface area contributed by atoms with Gasteiger partial charge < -0.3 is 4.42 Å². The third-order valence-corrected chi connectivity index (χ3v) is 3.29. The van der Waals surface area contributed by atoms with E-state index in [9.17, 15) is 4.39 Å². The predicted molar refractivity (Wildman–Crippen MR) is 63.2 cm³/mol. The molecule has 2 aromatic rings. The third kappa shape index (κ3) is 2.13. The molecule has 0 amide bonds. The quantitative estimate of drug-likeness (QED) is 0.835. The number of aryl methyl sites for hydroxylation is 1. The Morgan fingerprint density at radius 3 is 2.67 bits per heavy atom. The number of halogens is 1. The molecule has 4 nitrogen and oxygen atoms in total. The van der Waals surface area contributed by atoms with Crippen molar-refractivity contribution >= 4 is 0 Å². The summed E-state index contributed by atoms with van der Waals surface area (Å²) >= 11 is 0. The van der Waals surface area contributed by atoms with Crippen molar-refractivity contribution in [2.45, 2.75) is 25.9 Å². The molecular weight excluding hydrogens is 233 g/mol. The van der Waals surface area contributed by atoms with E-state index in [0.29, 0.717) is 24.4 Å². The molecule has 1 aromatic carbocycles. The van der Waals surface area contributed by atoms with Crippen LogP contribution in [0.2, 0.25) is 0 Å². The van der Waals surface area contributed by atoms with Crippen LogP contribution in [0.5, 0.6) is 0 Å². The topological polar surface area (TPSA) is 42.2 Å². The van der Waals surface area contributed by atoms with E-state index in [0.717, 1.165) is 18.5 Å². The van der Waals surface area contributed by atoms with Gasteiger partial charge in [-0.05, 0) is 24.1 Å². The van der Waals surface area contributed by atoms with Crippen LogP contribution in [-0.2, 0) is 6.54 Å². The molecule has 0 N–H and O–H groups in total. The Morgan fingerprint density at radius 2 is 2.11 bits per heavy atom. The van der Waals surface area contributed by atoms with E-state index in [2.05, 4.69) is 15.1 Å². The fourth-order valence-corrected chi connectivity index (χ4v) is 2.27. The molecule has 94 valence electrons. The van der Waals surface area contributed by atoms with Crippen LogP contribution in [0.25, 0.3) is 0 Å². The van der Waals surface area contributed by atoms with Crippen LogP contribution in [-0.4, -0.2) is 21.6 Å². The fraction of sp³-hybridized carbons (Fsp3) is 0.385. The first kappa shape index (κ1) is 11.3. The Kier molecular flexibility index (Phi) is 2.83. The summed E-state index contributed by atoms with van der Waals surface area (Å²) in [5.74, 6) is 1.03. The molecule has 2 heterocycles. The van der Waals surface area contributed by atoms with Crippen LogP contribution in [0, 0.1) is 12.7 Å². The van der Waals surface area contributed by atoms with E-state index in [1.807, 2.05) is 12.1 Å². The van der Waals surface area contributed by atoms with E-state index >= 15 is 0 Å². The van der Waals surface area contributed by atoms with Crippen molar-refractivity contribution in [3.05, 3.63) is 47.4 Å². The number of rotatable bonds is 3. The molecule has 0 spiro atoms. The summed E-state index contributed by atoms with van der Waals surface area (Å²) in [6.07, 6.45) is 1.08. The molecule has 1 aliphatic heterocycles. The number of hydrogen-bond acceptors (Lipinski definition) is 4. The maximum absolute atomic E-state index is 12.9. The zero-order valence-corrected chi connectivity index (χ0v) is 10.1. The van der Waals surface area contributed by atoms with Crippen molar-refractivity contribution in [1.82, 2.24) is 15.1 Å². The molecular formula is C13H14FN3O. The van der Waals surface area contributed by atoms with Gasteiger partial charge in [-0.2, -0.15) is 0 Å². The lowest BCUT2D eigenvalue weighted by molar-refractivity contribution is 0.0712. The maximum atomic E-state index is 12.9. The van der Waals surface area contributed by atoms with E-state index in [1.165, 1.54) is 12.1 Å². The number of nitrogens with zero attached hydrogens (tertiary/aromatic N) is 3. The monoisotopic (exact) mass is 247 g/mol. The molecule has 0 aliphatic carbocycles. The molecule has 1 fully saturated rings. The van der Waals surface area contributed by atoms with Crippen molar-refractivity contribution in [3.63, 3.8) is 0 Å². The summed E-state index contributed by atoms with van der Waals surface area (Å²) in [6.45, 7) is 3.44. The molecule has 1 atom stereocenters. The van der Waals surface area contributed by atoms with Gasteiger partial charge in [0, 0.05) is 19.5 Å².